The van der Waals surface area contributed by atoms with Gasteiger partial charge in [0, 0.05) is 0 Å². The van der Waals surface area contributed by atoms with Crippen molar-refractivity contribution in [2.45, 2.75) is 20.0 Å². The number of rotatable bonds is 3. The molecule has 16 heavy (non-hydrogen) atoms. The number of amides is 1. The molecule has 0 aromatic heterocycles. The Morgan fingerprint density at radius 3 is 2.56 bits per heavy atom. The lowest BCUT2D eigenvalue weighted by Crippen LogP contribution is -2.22. The molecule has 0 aliphatic carbocycles. The molecule has 0 aliphatic heterocycles. The van der Waals surface area contributed by atoms with Crippen LogP contribution in [0, 0.1) is 13.8 Å². The van der Waals surface area contributed by atoms with Crippen LogP contribution in [0.25, 0.3) is 0 Å². The van der Waals surface area contributed by atoms with Crippen molar-refractivity contribution in [3.63, 3.8) is 0 Å². The van der Waals surface area contributed by atoms with Crippen LogP contribution in [0.4, 0.5) is 0 Å². The van der Waals surface area contributed by atoms with Gasteiger partial charge >= 0.3 is 0 Å². The van der Waals surface area contributed by atoms with Crippen LogP contribution in [0.15, 0.2) is 10.5 Å². The Labute approximate surface area is 103 Å². The molecule has 1 rings (SSSR count). The van der Waals surface area contributed by atoms with E-state index in [1.165, 1.54) is 0 Å². The lowest BCUT2D eigenvalue weighted by Gasteiger charge is -2.17. The van der Waals surface area contributed by atoms with E-state index in [9.17, 15) is 9.90 Å². The fourth-order valence-electron chi connectivity index (χ4n) is 1.65. The van der Waals surface area contributed by atoms with Crippen molar-refractivity contribution in [2.24, 2.45) is 5.73 Å². The van der Waals surface area contributed by atoms with Crippen LogP contribution in [0.2, 0.25) is 0 Å². The van der Waals surface area contributed by atoms with Gasteiger partial charge in [-0.15, -0.1) is 0 Å². The first-order valence-corrected chi connectivity index (χ1v) is 5.50. The number of ether oxygens (including phenoxy) is 1. The van der Waals surface area contributed by atoms with Crippen LogP contribution < -0.4 is 10.5 Å². The molecule has 3 N–H and O–H groups in total. The zero-order valence-corrected chi connectivity index (χ0v) is 11.0. The second-order valence-electron chi connectivity index (χ2n) is 3.55. The third-order valence-corrected chi connectivity index (χ3v) is 3.47. The highest BCUT2D eigenvalue weighted by molar-refractivity contribution is 9.10. The summed E-state index contributed by atoms with van der Waals surface area (Å²) >= 11 is 3.35. The molecule has 0 saturated heterocycles. The Balaban J connectivity index is 3.41. The Hall–Kier alpha value is -1.07. The van der Waals surface area contributed by atoms with E-state index in [1.54, 1.807) is 27.0 Å². The minimum Gasteiger partial charge on any atom is -0.496 e. The van der Waals surface area contributed by atoms with Gasteiger partial charge in [-0.05, 0) is 52.5 Å². The molecule has 0 spiro atoms. The van der Waals surface area contributed by atoms with Crippen LogP contribution in [0.3, 0.4) is 0 Å². The van der Waals surface area contributed by atoms with Crippen molar-refractivity contribution in [1.82, 2.24) is 0 Å². The number of aliphatic hydroxyl groups is 1. The Morgan fingerprint density at radius 2 is 2.12 bits per heavy atom. The number of nitrogens with two attached hydrogens (primary N) is 1. The molecule has 1 amide bonds. The number of halogens is 1. The van der Waals surface area contributed by atoms with Gasteiger partial charge in [0.1, 0.15) is 5.75 Å². The standard InChI is InChI=1S/C11H14BrNO3/c1-5-4-7(16-3)9(12)6(2)8(5)10(14)11(13)15/h4,10,14H,1-3H3,(H2,13,15)/t10-/m1/s1. The summed E-state index contributed by atoms with van der Waals surface area (Å²) in [6.45, 7) is 3.59. The number of hydrogen-bond donors (Lipinski definition) is 2. The van der Waals surface area contributed by atoms with Gasteiger partial charge in [-0.25, -0.2) is 0 Å². The highest BCUT2D eigenvalue weighted by Crippen LogP contribution is 2.35. The monoisotopic (exact) mass is 287 g/mol. The SMILES string of the molecule is COc1cc(C)c([C@@H](O)C(N)=O)c(C)c1Br. The number of primary amides is 1. The zero-order valence-electron chi connectivity index (χ0n) is 9.37. The first-order chi connectivity index (χ1) is 7.40. The van der Waals surface area contributed by atoms with Crippen LogP contribution >= 0.6 is 15.9 Å². The fourth-order valence-corrected chi connectivity index (χ4v) is 2.14. The van der Waals surface area contributed by atoms with Gasteiger partial charge in [-0.2, -0.15) is 0 Å². The van der Waals surface area contributed by atoms with E-state index in [-0.39, 0.29) is 0 Å². The number of aryl methyl sites for hydroxylation is 1. The van der Waals surface area contributed by atoms with E-state index in [4.69, 9.17) is 10.5 Å². The molecule has 0 unspecified atom stereocenters. The highest BCUT2D eigenvalue weighted by atomic mass is 79.9. The van der Waals surface area contributed by atoms with E-state index >= 15 is 0 Å². The summed E-state index contributed by atoms with van der Waals surface area (Å²) in [7, 11) is 1.56. The number of benzene rings is 1. The molecule has 4 nitrogen and oxygen atoms in total. The van der Waals surface area contributed by atoms with Gasteiger partial charge in [0.25, 0.3) is 5.91 Å². The molecule has 0 saturated carbocycles. The summed E-state index contributed by atoms with van der Waals surface area (Å²) in [6.07, 6.45) is -1.29. The number of methoxy groups -OCH3 is 1. The molecular formula is C11H14BrNO3. The fraction of sp³-hybridized carbons (Fsp3) is 0.364. The predicted molar refractivity (Wildman–Crippen MR) is 64.3 cm³/mol. The van der Waals surface area contributed by atoms with Gasteiger partial charge in [0.2, 0.25) is 0 Å². The lowest BCUT2D eigenvalue weighted by molar-refractivity contribution is -0.126. The second-order valence-corrected chi connectivity index (χ2v) is 4.35. The molecule has 0 radical (unpaired) electrons. The Bertz CT molecular complexity index is 432. The molecule has 88 valence electrons. The minimum absolute atomic E-state index is 0.528. The number of aliphatic hydroxyl groups excluding tert-OH is 1. The summed E-state index contributed by atoms with van der Waals surface area (Å²) in [5.41, 5.74) is 7.14. The zero-order chi connectivity index (χ0) is 12.5. The first kappa shape index (κ1) is 13.0. The number of carbonyl (C=O) groups excluding carboxylic acids is 1. The third-order valence-electron chi connectivity index (χ3n) is 2.48. The second kappa shape index (κ2) is 4.84. The summed E-state index contributed by atoms with van der Waals surface area (Å²) in [5.74, 6) is -0.0984. The van der Waals surface area contributed by atoms with E-state index in [0.29, 0.717) is 11.3 Å². The van der Waals surface area contributed by atoms with E-state index in [0.717, 1.165) is 15.6 Å². The molecule has 5 heteroatoms. The molecule has 1 atom stereocenters. The summed E-state index contributed by atoms with van der Waals surface area (Å²) in [4.78, 5) is 11.0. The highest BCUT2D eigenvalue weighted by Gasteiger charge is 2.21. The normalized spacial score (nSPS) is 12.3. The topological polar surface area (TPSA) is 72.6 Å². The Morgan fingerprint density at radius 1 is 1.56 bits per heavy atom. The molecule has 0 bridgehead atoms. The molecule has 0 heterocycles. The van der Waals surface area contributed by atoms with E-state index in [2.05, 4.69) is 15.9 Å². The van der Waals surface area contributed by atoms with Crippen molar-refractivity contribution >= 4 is 21.8 Å². The van der Waals surface area contributed by atoms with Crippen LogP contribution in [0.1, 0.15) is 22.8 Å². The minimum atomic E-state index is -1.29. The molecule has 1 aromatic rings. The maximum absolute atomic E-state index is 11.0. The van der Waals surface area contributed by atoms with Crippen molar-refractivity contribution in [1.29, 1.82) is 0 Å². The van der Waals surface area contributed by atoms with Crippen molar-refractivity contribution < 1.29 is 14.6 Å². The molecule has 0 fully saturated rings. The third kappa shape index (κ3) is 2.20. The predicted octanol–water partition coefficient (Wildman–Crippen LogP) is 1.59. The summed E-state index contributed by atoms with van der Waals surface area (Å²) < 4.78 is 5.88. The quantitative estimate of drug-likeness (QED) is 0.887. The maximum Gasteiger partial charge on any atom is 0.250 e. The van der Waals surface area contributed by atoms with Crippen LogP contribution in [-0.4, -0.2) is 18.1 Å². The number of carbonyl (C=O) groups is 1. The smallest absolute Gasteiger partial charge is 0.250 e. The van der Waals surface area contributed by atoms with Gasteiger partial charge < -0.3 is 15.6 Å². The Kier molecular flexibility index (Phi) is 3.93. The van der Waals surface area contributed by atoms with Crippen LogP contribution in [0.5, 0.6) is 5.75 Å². The summed E-state index contributed by atoms with van der Waals surface area (Å²) in [5, 5.41) is 9.71. The number of hydrogen-bond acceptors (Lipinski definition) is 3. The van der Waals surface area contributed by atoms with E-state index in [1.807, 2.05) is 0 Å². The van der Waals surface area contributed by atoms with Crippen LogP contribution in [-0.2, 0) is 4.79 Å². The molecular weight excluding hydrogens is 274 g/mol. The largest absolute Gasteiger partial charge is 0.496 e. The van der Waals surface area contributed by atoms with Crippen molar-refractivity contribution in [3.05, 3.63) is 27.2 Å². The maximum atomic E-state index is 11.0. The first-order valence-electron chi connectivity index (χ1n) is 4.71. The van der Waals surface area contributed by atoms with Gasteiger partial charge in [0.05, 0.1) is 11.6 Å². The average Bonchev–Trinajstić information content (AvgIpc) is 2.23. The molecule has 1 aromatic carbocycles. The van der Waals surface area contributed by atoms with Gasteiger partial charge in [-0.1, -0.05) is 0 Å². The lowest BCUT2D eigenvalue weighted by atomic mass is 9.97. The molecule has 0 aliphatic rings. The van der Waals surface area contributed by atoms with Gasteiger partial charge in [0.15, 0.2) is 6.10 Å². The van der Waals surface area contributed by atoms with E-state index < -0.39 is 12.0 Å². The van der Waals surface area contributed by atoms with Gasteiger partial charge in [-0.3, -0.25) is 4.79 Å². The average molecular weight is 288 g/mol. The summed E-state index contributed by atoms with van der Waals surface area (Å²) in [6, 6.07) is 1.75. The van der Waals surface area contributed by atoms with Crippen molar-refractivity contribution in [3.8, 4) is 5.75 Å². The van der Waals surface area contributed by atoms with Crippen molar-refractivity contribution in [2.75, 3.05) is 7.11 Å².